The lowest BCUT2D eigenvalue weighted by molar-refractivity contribution is -0.306. The van der Waals surface area contributed by atoms with Gasteiger partial charge in [-0.05, 0) is 36.2 Å². The Morgan fingerprint density at radius 2 is 1.76 bits per heavy atom. The Morgan fingerprint density at radius 3 is 2.36 bits per heavy atom. The number of aliphatic carboxylic acids is 1. The van der Waals surface area contributed by atoms with E-state index in [-0.39, 0.29) is 12.3 Å². The molecular formula is C19H20NO5-. The highest BCUT2D eigenvalue weighted by molar-refractivity contribution is 5.96. The Balaban J connectivity index is 2.32. The summed E-state index contributed by atoms with van der Waals surface area (Å²) >= 11 is 0. The zero-order valence-electron chi connectivity index (χ0n) is 14.4. The van der Waals surface area contributed by atoms with Gasteiger partial charge in [0.25, 0.3) is 5.91 Å². The van der Waals surface area contributed by atoms with Crippen LogP contribution in [0.15, 0.2) is 42.5 Å². The van der Waals surface area contributed by atoms with Gasteiger partial charge in [0.2, 0.25) is 0 Å². The molecule has 0 radical (unpaired) electrons. The molecule has 0 aliphatic heterocycles. The highest BCUT2D eigenvalue weighted by Gasteiger charge is 2.19. The molecule has 0 bridgehead atoms. The summed E-state index contributed by atoms with van der Waals surface area (Å²) < 4.78 is 10.4. The Kier molecular flexibility index (Phi) is 6.00. The molecule has 1 N–H and O–H groups in total. The third kappa shape index (κ3) is 4.50. The van der Waals surface area contributed by atoms with E-state index < -0.39 is 12.0 Å². The Hall–Kier alpha value is -3.02. The van der Waals surface area contributed by atoms with Crippen molar-refractivity contribution >= 4 is 11.9 Å². The van der Waals surface area contributed by atoms with Crippen LogP contribution < -0.4 is 19.9 Å². The van der Waals surface area contributed by atoms with Crippen molar-refractivity contribution in [1.82, 2.24) is 5.32 Å². The largest absolute Gasteiger partial charge is 0.550 e. The van der Waals surface area contributed by atoms with Crippen molar-refractivity contribution in [2.45, 2.75) is 19.4 Å². The predicted molar refractivity (Wildman–Crippen MR) is 90.6 cm³/mol. The zero-order chi connectivity index (χ0) is 18.4. The minimum absolute atomic E-state index is 0.348. The maximum atomic E-state index is 12.5. The summed E-state index contributed by atoms with van der Waals surface area (Å²) in [5.41, 5.74) is 1.88. The molecule has 0 fully saturated rings. The first kappa shape index (κ1) is 18.3. The van der Waals surface area contributed by atoms with Gasteiger partial charge in [0.15, 0.2) is 11.5 Å². The van der Waals surface area contributed by atoms with Crippen molar-refractivity contribution in [3.05, 3.63) is 59.2 Å². The van der Waals surface area contributed by atoms with E-state index in [0.717, 1.165) is 5.56 Å². The van der Waals surface area contributed by atoms with E-state index in [1.807, 2.05) is 19.1 Å². The summed E-state index contributed by atoms with van der Waals surface area (Å²) in [5, 5.41) is 13.9. The van der Waals surface area contributed by atoms with E-state index in [2.05, 4.69) is 5.32 Å². The van der Waals surface area contributed by atoms with Crippen molar-refractivity contribution in [1.29, 1.82) is 0 Å². The van der Waals surface area contributed by atoms with Gasteiger partial charge in [0.05, 0.1) is 20.3 Å². The molecular weight excluding hydrogens is 322 g/mol. The van der Waals surface area contributed by atoms with Crippen molar-refractivity contribution in [2.75, 3.05) is 14.2 Å². The molecule has 0 saturated carbocycles. The molecule has 2 aromatic carbocycles. The lowest BCUT2D eigenvalue weighted by atomic mass is 10.0. The molecule has 6 heteroatoms. The average Bonchev–Trinajstić information content (AvgIpc) is 2.60. The van der Waals surface area contributed by atoms with Crippen LogP contribution in [0.1, 0.15) is 33.9 Å². The summed E-state index contributed by atoms with van der Waals surface area (Å²) in [7, 11) is 3.00. The Labute approximate surface area is 146 Å². The average molecular weight is 342 g/mol. The first-order valence-corrected chi connectivity index (χ1v) is 7.74. The quantitative estimate of drug-likeness (QED) is 0.826. The predicted octanol–water partition coefficient (Wildman–Crippen LogP) is 1.62. The Morgan fingerprint density at radius 1 is 1.08 bits per heavy atom. The summed E-state index contributed by atoms with van der Waals surface area (Å²) in [5.74, 6) is -0.638. The van der Waals surface area contributed by atoms with Crippen LogP contribution in [0.4, 0.5) is 0 Å². The van der Waals surface area contributed by atoms with Gasteiger partial charge in [0.1, 0.15) is 0 Å². The number of methoxy groups -OCH3 is 2. The van der Waals surface area contributed by atoms with Crippen LogP contribution in [-0.4, -0.2) is 26.1 Å². The monoisotopic (exact) mass is 342 g/mol. The Bertz CT molecular complexity index is 772. The first-order valence-electron chi connectivity index (χ1n) is 7.74. The molecule has 1 unspecified atom stereocenters. The molecule has 2 aromatic rings. The third-order valence-electron chi connectivity index (χ3n) is 3.88. The minimum atomic E-state index is -1.26. The van der Waals surface area contributed by atoms with E-state index in [4.69, 9.17) is 9.47 Å². The van der Waals surface area contributed by atoms with Gasteiger partial charge in [-0.15, -0.1) is 0 Å². The fraction of sp³-hybridized carbons (Fsp3) is 0.263. The topological polar surface area (TPSA) is 87.7 Å². The van der Waals surface area contributed by atoms with Gasteiger partial charge in [-0.25, -0.2) is 0 Å². The molecule has 1 atom stereocenters. The highest BCUT2D eigenvalue weighted by Crippen LogP contribution is 2.31. The number of carboxylic acid groups (broad SMARTS) is 1. The van der Waals surface area contributed by atoms with E-state index in [1.54, 1.807) is 30.3 Å². The van der Waals surface area contributed by atoms with Crippen LogP contribution in [0.3, 0.4) is 0 Å². The number of rotatable bonds is 7. The molecule has 2 rings (SSSR count). The smallest absolute Gasteiger partial charge is 0.252 e. The van der Waals surface area contributed by atoms with Crippen LogP contribution >= 0.6 is 0 Å². The maximum absolute atomic E-state index is 12.5. The van der Waals surface area contributed by atoms with Crippen LogP contribution in [0, 0.1) is 6.92 Å². The molecule has 0 spiro atoms. The van der Waals surface area contributed by atoms with Crippen LogP contribution in [0.25, 0.3) is 0 Å². The van der Waals surface area contributed by atoms with Gasteiger partial charge in [-0.2, -0.15) is 0 Å². The van der Waals surface area contributed by atoms with Gasteiger partial charge < -0.3 is 24.7 Å². The number of carbonyl (C=O) groups is 2. The highest BCUT2D eigenvalue weighted by atomic mass is 16.5. The number of carbonyl (C=O) groups excluding carboxylic acids is 2. The lowest BCUT2D eigenvalue weighted by Crippen LogP contribution is -2.34. The van der Waals surface area contributed by atoms with E-state index >= 15 is 0 Å². The van der Waals surface area contributed by atoms with E-state index in [1.165, 1.54) is 14.2 Å². The van der Waals surface area contributed by atoms with Gasteiger partial charge in [-0.1, -0.05) is 24.3 Å². The minimum Gasteiger partial charge on any atom is -0.550 e. The zero-order valence-corrected chi connectivity index (χ0v) is 14.4. The van der Waals surface area contributed by atoms with Gasteiger partial charge in [0, 0.05) is 18.0 Å². The SMILES string of the molecule is COc1ccc(C(CC(=O)[O-])NC(=O)c2ccccc2C)cc1OC. The van der Waals surface area contributed by atoms with Crippen molar-refractivity contribution in [2.24, 2.45) is 0 Å². The van der Waals surface area contributed by atoms with Crippen molar-refractivity contribution < 1.29 is 24.2 Å². The van der Waals surface area contributed by atoms with Crippen LogP contribution in [0.5, 0.6) is 11.5 Å². The standard InChI is InChI=1S/C19H21NO5/c1-12-6-4-5-7-14(12)19(23)20-15(11-18(21)22)13-8-9-16(24-2)17(10-13)25-3/h4-10,15H,11H2,1-3H3,(H,20,23)(H,21,22)/p-1. The number of hydrogen-bond donors (Lipinski definition) is 1. The maximum Gasteiger partial charge on any atom is 0.252 e. The van der Waals surface area contributed by atoms with Crippen LogP contribution in [-0.2, 0) is 4.79 Å². The summed E-state index contributed by atoms with van der Waals surface area (Å²) in [6.07, 6.45) is -0.354. The molecule has 6 nitrogen and oxygen atoms in total. The molecule has 0 saturated heterocycles. The number of aryl methyl sites for hydroxylation is 1. The molecule has 0 aliphatic rings. The molecule has 0 heterocycles. The molecule has 0 aromatic heterocycles. The number of benzene rings is 2. The number of ether oxygens (including phenoxy) is 2. The number of nitrogens with one attached hydrogen (secondary N) is 1. The molecule has 0 aliphatic carbocycles. The molecule has 1 amide bonds. The molecule has 132 valence electrons. The van der Waals surface area contributed by atoms with Crippen LogP contribution in [0.2, 0.25) is 0 Å². The summed E-state index contributed by atoms with van der Waals surface area (Å²) in [6, 6.07) is 11.3. The number of hydrogen-bond acceptors (Lipinski definition) is 5. The number of amides is 1. The lowest BCUT2D eigenvalue weighted by Gasteiger charge is -2.21. The van der Waals surface area contributed by atoms with E-state index in [0.29, 0.717) is 22.6 Å². The summed E-state index contributed by atoms with van der Waals surface area (Å²) in [4.78, 5) is 23.7. The van der Waals surface area contributed by atoms with Crippen molar-refractivity contribution in [3.63, 3.8) is 0 Å². The normalized spacial score (nSPS) is 11.5. The second kappa shape index (κ2) is 8.19. The first-order chi connectivity index (χ1) is 12.0. The van der Waals surface area contributed by atoms with Gasteiger partial charge in [-0.3, -0.25) is 4.79 Å². The summed E-state index contributed by atoms with van der Waals surface area (Å²) in [6.45, 7) is 1.82. The number of carboxylic acids is 1. The molecule has 25 heavy (non-hydrogen) atoms. The fourth-order valence-electron chi connectivity index (χ4n) is 2.55. The fourth-order valence-corrected chi connectivity index (χ4v) is 2.55. The third-order valence-corrected chi connectivity index (χ3v) is 3.88. The second-order valence-electron chi connectivity index (χ2n) is 5.53. The van der Waals surface area contributed by atoms with E-state index in [9.17, 15) is 14.7 Å². The van der Waals surface area contributed by atoms with Crippen molar-refractivity contribution in [3.8, 4) is 11.5 Å². The second-order valence-corrected chi connectivity index (χ2v) is 5.53. The van der Waals surface area contributed by atoms with Gasteiger partial charge >= 0.3 is 0 Å².